The van der Waals surface area contributed by atoms with Gasteiger partial charge in [0, 0.05) is 47.4 Å². The highest BCUT2D eigenvalue weighted by Crippen LogP contribution is 2.43. The van der Waals surface area contributed by atoms with Crippen LogP contribution < -0.4 is 31.9 Å². The SMILES string of the molecule is CCCCC(CC)CN(CC(CC)CCCC)C(=O)COC(CNC(=O)CP(=O)(c1ccccc1)c1ccccc1)CNC(=O)CP(=O)(c1ccccc1)c1ccccc1. The second kappa shape index (κ2) is 25.5. The van der Waals surface area contributed by atoms with Crippen LogP contribution >= 0.6 is 14.3 Å². The van der Waals surface area contributed by atoms with E-state index >= 15 is 0 Å². The fraction of sp³-hybridized carbons (Fsp3) is 0.449. The van der Waals surface area contributed by atoms with E-state index in [0.717, 1.165) is 51.4 Å². The second-order valence-corrected chi connectivity index (χ2v) is 21.5. The number of nitrogens with zero attached hydrogens (tertiary/aromatic N) is 1. The Kier molecular flexibility index (Phi) is 20.5. The standard InChI is InChI=1S/C49H67N3O6P2/c1-5-9-23-40(7-3)35-52(36-41(8-4)24-10-6-2)49(55)37-58-42(33-50-47(53)38-59(56,43-25-15-11-16-26-43)44-27-17-12-18-28-44)34-51-48(54)39-60(57,45-29-19-13-20-30-45)46-31-21-14-22-32-46/h11-22,25-32,40-42H,5-10,23-24,33-39H2,1-4H3,(H,50,53)(H,51,54). The summed E-state index contributed by atoms with van der Waals surface area (Å²) >= 11 is 0. The van der Waals surface area contributed by atoms with Gasteiger partial charge in [0.1, 0.15) is 6.61 Å². The maximum absolute atomic E-state index is 14.7. The molecule has 0 radical (unpaired) electrons. The molecule has 0 aliphatic rings. The summed E-state index contributed by atoms with van der Waals surface area (Å²) in [5.74, 6) is -0.263. The molecule has 0 saturated carbocycles. The van der Waals surface area contributed by atoms with Crippen LogP contribution in [-0.4, -0.2) is 73.8 Å². The molecule has 0 aromatic heterocycles. The second-order valence-electron chi connectivity index (χ2n) is 15.8. The van der Waals surface area contributed by atoms with Crippen molar-refractivity contribution in [3.63, 3.8) is 0 Å². The molecule has 0 aliphatic carbocycles. The Hall–Kier alpha value is -4.29. The zero-order valence-electron chi connectivity index (χ0n) is 36.2. The van der Waals surface area contributed by atoms with Crippen molar-refractivity contribution >= 4 is 53.2 Å². The summed E-state index contributed by atoms with van der Waals surface area (Å²) in [4.78, 5) is 43.6. The molecule has 9 nitrogen and oxygen atoms in total. The predicted molar refractivity (Wildman–Crippen MR) is 248 cm³/mol. The molecule has 0 heterocycles. The minimum absolute atomic E-state index is 0.0484. The molecule has 3 amide bonds. The van der Waals surface area contributed by atoms with Crippen LogP contribution in [0.15, 0.2) is 121 Å². The summed E-state index contributed by atoms with van der Waals surface area (Å²) in [7, 11) is -6.72. The molecular formula is C49H67N3O6P2. The van der Waals surface area contributed by atoms with Crippen molar-refractivity contribution in [2.24, 2.45) is 11.8 Å². The van der Waals surface area contributed by atoms with Crippen LogP contribution in [0.1, 0.15) is 79.1 Å². The monoisotopic (exact) mass is 855 g/mol. The van der Waals surface area contributed by atoms with E-state index in [0.29, 0.717) is 46.1 Å². The summed E-state index contributed by atoms with van der Waals surface area (Å²) in [6.45, 7) is 9.71. The van der Waals surface area contributed by atoms with Gasteiger partial charge in [0.2, 0.25) is 17.7 Å². The van der Waals surface area contributed by atoms with Gasteiger partial charge in [-0.2, -0.15) is 0 Å². The number of benzene rings is 4. The van der Waals surface area contributed by atoms with Crippen molar-refractivity contribution < 1.29 is 28.3 Å². The van der Waals surface area contributed by atoms with E-state index in [1.54, 1.807) is 48.5 Å². The summed E-state index contributed by atoms with van der Waals surface area (Å²) in [6.07, 6.45) is 7.11. The molecule has 0 saturated heterocycles. The number of nitrogens with one attached hydrogen (secondary N) is 2. The lowest BCUT2D eigenvalue weighted by Crippen LogP contribution is -2.46. The van der Waals surface area contributed by atoms with Gasteiger partial charge in [-0.15, -0.1) is 0 Å². The molecule has 11 heteroatoms. The molecule has 0 bridgehead atoms. The molecule has 4 aromatic rings. The van der Waals surface area contributed by atoms with Gasteiger partial charge in [-0.25, -0.2) is 0 Å². The third-order valence-corrected chi connectivity index (χ3v) is 17.3. The van der Waals surface area contributed by atoms with Crippen molar-refractivity contribution in [2.75, 3.05) is 45.1 Å². The van der Waals surface area contributed by atoms with Crippen LogP contribution in [0, 0.1) is 11.8 Å². The number of unbranched alkanes of at least 4 members (excludes halogenated alkanes) is 2. The van der Waals surface area contributed by atoms with Crippen molar-refractivity contribution in [1.29, 1.82) is 0 Å². The number of hydrogen-bond donors (Lipinski definition) is 2. The molecular weight excluding hydrogens is 789 g/mol. The maximum Gasteiger partial charge on any atom is 0.248 e. The van der Waals surface area contributed by atoms with E-state index in [1.807, 2.05) is 77.7 Å². The molecule has 2 atom stereocenters. The largest absolute Gasteiger partial charge is 0.365 e. The first-order chi connectivity index (χ1) is 29.1. The average molecular weight is 856 g/mol. The van der Waals surface area contributed by atoms with Gasteiger partial charge in [0.05, 0.1) is 18.4 Å². The number of ether oxygens (including phenoxy) is 1. The third-order valence-electron chi connectivity index (χ3n) is 11.3. The van der Waals surface area contributed by atoms with E-state index in [1.165, 1.54) is 0 Å². The van der Waals surface area contributed by atoms with E-state index in [4.69, 9.17) is 4.74 Å². The first-order valence-corrected chi connectivity index (χ1v) is 25.7. The summed E-state index contributed by atoms with van der Waals surface area (Å²) in [5, 5.41) is 8.14. The predicted octanol–water partition coefficient (Wildman–Crippen LogP) is 7.89. The number of rotatable bonds is 27. The lowest BCUT2D eigenvalue weighted by Gasteiger charge is -2.31. The van der Waals surface area contributed by atoms with Gasteiger partial charge in [-0.05, 0) is 24.7 Å². The first-order valence-electron chi connectivity index (χ1n) is 21.9. The van der Waals surface area contributed by atoms with Crippen molar-refractivity contribution in [1.82, 2.24) is 15.5 Å². The van der Waals surface area contributed by atoms with Crippen LogP contribution in [0.25, 0.3) is 0 Å². The zero-order valence-corrected chi connectivity index (χ0v) is 38.0. The normalized spacial score (nSPS) is 12.8. The Bertz CT molecular complexity index is 1750. The molecule has 2 unspecified atom stereocenters. The number of carbonyl (C=O) groups is 3. The fourth-order valence-corrected chi connectivity index (χ4v) is 12.5. The van der Waals surface area contributed by atoms with Crippen molar-refractivity contribution in [3.05, 3.63) is 121 Å². The number of carbonyl (C=O) groups excluding carboxylic acids is 3. The van der Waals surface area contributed by atoms with Crippen LogP contribution in [-0.2, 0) is 28.3 Å². The van der Waals surface area contributed by atoms with Crippen molar-refractivity contribution in [3.8, 4) is 0 Å². The van der Waals surface area contributed by atoms with E-state index < -0.39 is 32.2 Å². The van der Waals surface area contributed by atoms with Crippen molar-refractivity contribution in [2.45, 2.75) is 85.2 Å². The Morgan fingerprint density at radius 2 is 0.883 bits per heavy atom. The highest BCUT2D eigenvalue weighted by atomic mass is 31.2. The zero-order chi connectivity index (χ0) is 43.2. The van der Waals surface area contributed by atoms with Crippen LogP contribution in [0.5, 0.6) is 0 Å². The summed E-state index contributed by atoms with van der Waals surface area (Å²) < 4.78 is 35.7. The van der Waals surface area contributed by atoms with Gasteiger partial charge in [0.15, 0.2) is 14.3 Å². The number of amides is 3. The Morgan fingerprint density at radius 3 is 1.18 bits per heavy atom. The third kappa shape index (κ3) is 14.7. The molecule has 4 rings (SSSR count). The van der Waals surface area contributed by atoms with Crippen LogP contribution in [0.4, 0.5) is 0 Å². The lowest BCUT2D eigenvalue weighted by molar-refractivity contribution is -0.139. The lowest BCUT2D eigenvalue weighted by atomic mass is 9.95. The molecule has 2 N–H and O–H groups in total. The van der Waals surface area contributed by atoms with Crippen LogP contribution in [0.2, 0.25) is 0 Å². The Morgan fingerprint density at radius 1 is 0.550 bits per heavy atom. The molecule has 0 aliphatic heterocycles. The van der Waals surface area contributed by atoms with Crippen LogP contribution in [0.3, 0.4) is 0 Å². The molecule has 0 fully saturated rings. The molecule has 324 valence electrons. The van der Waals surface area contributed by atoms with Gasteiger partial charge in [-0.3, -0.25) is 14.4 Å². The van der Waals surface area contributed by atoms with Gasteiger partial charge >= 0.3 is 0 Å². The summed E-state index contributed by atoms with van der Waals surface area (Å²) in [5.41, 5.74) is 0. The van der Waals surface area contributed by atoms with E-state index in [9.17, 15) is 23.5 Å². The highest BCUT2D eigenvalue weighted by molar-refractivity contribution is 7.79. The smallest absolute Gasteiger partial charge is 0.248 e. The van der Waals surface area contributed by atoms with E-state index in [2.05, 4.69) is 38.3 Å². The Balaban J connectivity index is 1.55. The summed E-state index contributed by atoms with van der Waals surface area (Å²) in [6, 6.07) is 36.1. The first kappa shape index (κ1) is 48.4. The minimum atomic E-state index is -3.36. The van der Waals surface area contributed by atoms with Gasteiger partial charge in [0.25, 0.3) is 0 Å². The van der Waals surface area contributed by atoms with E-state index in [-0.39, 0.29) is 37.9 Å². The fourth-order valence-electron chi connectivity index (χ4n) is 7.52. The van der Waals surface area contributed by atoms with Gasteiger partial charge in [-0.1, -0.05) is 188 Å². The quantitative estimate of drug-likeness (QED) is 0.0589. The number of hydrogen-bond acceptors (Lipinski definition) is 6. The topological polar surface area (TPSA) is 122 Å². The maximum atomic E-state index is 14.7. The Labute approximate surface area is 359 Å². The van der Waals surface area contributed by atoms with Gasteiger partial charge < -0.3 is 29.4 Å². The highest BCUT2D eigenvalue weighted by Gasteiger charge is 2.32. The molecule has 4 aromatic carbocycles. The average Bonchev–Trinajstić information content (AvgIpc) is 3.29. The molecule has 0 spiro atoms. The molecule has 60 heavy (non-hydrogen) atoms. The minimum Gasteiger partial charge on any atom is -0.365 e.